The van der Waals surface area contributed by atoms with Gasteiger partial charge in [-0.25, -0.2) is 4.39 Å². The summed E-state index contributed by atoms with van der Waals surface area (Å²) >= 11 is 0. The molecule has 6 rings (SSSR count). The number of hydrogen-bond acceptors (Lipinski definition) is 7. The number of allylic oxidation sites excluding steroid dienone is 1. The zero-order chi connectivity index (χ0) is 32.9. The molecule has 4 aromatic rings. The summed E-state index contributed by atoms with van der Waals surface area (Å²) in [6.07, 6.45) is 2.99. The second kappa shape index (κ2) is 14.1. The van der Waals surface area contributed by atoms with Gasteiger partial charge in [0, 0.05) is 12.1 Å². The summed E-state index contributed by atoms with van der Waals surface area (Å²) < 4.78 is 20.3. The fourth-order valence-corrected chi connectivity index (χ4v) is 6.70. The molecule has 240 valence electrons. The Morgan fingerprint density at radius 2 is 1.70 bits per heavy atom. The quantitative estimate of drug-likeness (QED) is 0.141. The first-order chi connectivity index (χ1) is 22.9. The Bertz CT molecular complexity index is 1800. The number of rotatable bonds is 11. The number of hydrogen-bond donors (Lipinski definition) is 3. The zero-order valence-corrected chi connectivity index (χ0v) is 25.6. The molecule has 2 amide bonds. The molecular weight excluding hydrogens is 599 g/mol. The van der Waals surface area contributed by atoms with E-state index in [1.54, 1.807) is 54.7 Å². The number of aliphatic hydroxyl groups excluding tert-OH is 2. The van der Waals surface area contributed by atoms with E-state index in [1.807, 2.05) is 42.5 Å². The Kier molecular flexibility index (Phi) is 9.56. The highest BCUT2D eigenvalue weighted by atomic mass is 19.1. The van der Waals surface area contributed by atoms with E-state index in [1.165, 1.54) is 17.0 Å². The van der Waals surface area contributed by atoms with Crippen molar-refractivity contribution in [3.05, 3.63) is 131 Å². The summed E-state index contributed by atoms with van der Waals surface area (Å²) in [5.41, 5.74) is 3.49. The Morgan fingerprint density at radius 3 is 2.38 bits per heavy atom. The van der Waals surface area contributed by atoms with Gasteiger partial charge in [0.1, 0.15) is 12.4 Å². The highest BCUT2D eigenvalue weighted by Gasteiger charge is 2.55. The van der Waals surface area contributed by atoms with Gasteiger partial charge in [0.2, 0.25) is 11.8 Å². The first-order valence-corrected chi connectivity index (χ1v) is 15.6. The Morgan fingerprint density at radius 1 is 0.979 bits per heavy atom. The summed E-state index contributed by atoms with van der Waals surface area (Å²) in [6.45, 7) is -0.377. The molecular formula is C38H35FN2O6. The molecule has 8 nitrogen and oxygen atoms in total. The maximum absolute atomic E-state index is 14.2. The van der Waals surface area contributed by atoms with Crippen molar-refractivity contribution in [1.82, 2.24) is 4.98 Å². The minimum absolute atomic E-state index is 0.0681. The van der Waals surface area contributed by atoms with Crippen LogP contribution in [0.25, 0.3) is 11.6 Å². The van der Waals surface area contributed by atoms with E-state index < -0.39 is 47.9 Å². The van der Waals surface area contributed by atoms with Crippen LogP contribution < -0.4 is 9.64 Å². The molecule has 2 heterocycles. The first kappa shape index (κ1) is 31.8. The van der Waals surface area contributed by atoms with Crippen molar-refractivity contribution in [2.75, 3.05) is 18.1 Å². The molecule has 1 aromatic heterocycles. The van der Waals surface area contributed by atoms with Gasteiger partial charge in [-0.2, -0.15) is 0 Å². The molecule has 0 radical (unpaired) electrons. The van der Waals surface area contributed by atoms with Crippen molar-refractivity contribution in [2.24, 2.45) is 17.8 Å². The number of amides is 2. The summed E-state index contributed by atoms with van der Waals surface area (Å²) in [5, 5.41) is 32.3. The number of aromatic nitrogens is 1. The van der Waals surface area contributed by atoms with Gasteiger partial charge in [0.05, 0.1) is 35.9 Å². The molecule has 0 unspecified atom stereocenters. The monoisotopic (exact) mass is 634 g/mol. The highest BCUT2D eigenvalue weighted by Crippen LogP contribution is 2.47. The molecule has 3 aromatic carbocycles. The normalized spacial score (nSPS) is 20.4. The lowest BCUT2D eigenvalue weighted by Gasteiger charge is -2.36. The Labute approximate surface area is 272 Å². The van der Waals surface area contributed by atoms with Gasteiger partial charge in [0.25, 0.3) is 0 Å². The third-order valence-corrected chi connectivity index (χ3v) is 8.90. The smallest absolute Gasteiger partial charge is 0.238 e. The number of pyridine rings is 1. The van der Waals surface area contributed by atoms with Crippen LogP contribution in [0.15, 0.2) is 114 Å². The minimum Gasteiger partial charge on any atom is -0.505 e. The number of phenols is 1. The van der Waals surface area contributed by atoms with E-state index in [2.05, 4.69) is 4.98 Å². The lowest BCUT2D eigenvalue weighted by Crippen LogP contribution is -2.40. The number of nitrogens with zero attached hydrogens (tertiary/aromatic N) is 2. The molecule has 47 heavy (non-hydrogen) atoms. The van der Waals surface area contributed by atoms with Crippen LogP contribution in [0.4, 0.5) is 10.1 Å². The standard InChI is InChI=1S/C38H35FN2O6/c39-31-20-24(14-16-33(31)43)19-25(32-13-7-8-18-40-32)15-17-34(44)35-26(23-47-28-11-5-2-6-12-28)21-29-36(30(35)22-42)38(46)41(37(29)45)27-9-3-1-4-10-27/h1-14,16,18-20,29-30,34,36,42-44H,15,17,21-23H2/b25-19-/t29-,30+,34-,36-/m1/s1. The maximum atomic E-state index is 14.2. The van der Waals surface area contributed by atoms with Crippen molar-refractivity contribution in [2.45, 2.75) is 25.4 Å². The first-order valence-electron chi connectivity index (χ1n) is 15.6. The van der Waals surface area contributed by atoms with E-state index in [-0.39, 0.29) is 25.4 Å². The average Bonchev–Trinajstić information content (AvgIpc) is 3.36. The Balaban J connectivity index is 1.33. The number of halogens is 1. The molecule has 1 aliphatic carbocycles. The number of carbonyl (C=O) groups is 2. The van der Waals surface area contributed by atoms with Gasteiger partial charge in [0.15, 0.2) is 11.6 Å². The molecule has 3 N–H and O–H groups in total. The van der Waals surface area contributed by atoms with Gasteiger partial charge < -0.3 is 20.1 Å². The molecule has 1 saturated heterocycles. The van der Waals surface area contributed by atoms with Gasteiger partial charge in [-0.15, -0.1) is 0 Å². The molecule has 4 atom stereocenters. The van der Waals surface area contributed by atoms with Crippen molar-refractivity contribution >= 4 is 29.2 Å². The number of fused-ring (bicyclic) bond motifs is 1. The summed E-state index contributed by atoms with van der Waals surface area (Å²) in [4.78, 5) is 33.3. The molecule has 2 aliphatic rings. The Hall–Kier alpha value is -5.12. The average molecular weight is 635 g/mol. The van der Waals surface area contributed by atoms with Crippen molar-refractivity contribution in [3.63, 3.8) is 0 Å². The lowest BCUT2D eigenvalue weighted by atomic mass is 9.68. The van der Waals surface area contributed by atoms with Crippen molar-refractivity contribution < 1.29 is 34.0 Å². The number of aromatic hydroxyl groups is 1. The largest absolute Gasteiger partial charge is 0.505 e. The number of carbonyl (C=O) groups excluding carboxylic acids is 2. The number of benzene rings is 3. The number of ether oxygens (including phenoxy) is 1. The van der Waals surface area contributed by atoms with E-state index in [0.29, 0.717) is 45.8 Å². The fraction of sp³-hybridized carbons (Fsp3) is 0.237. The number of para-hydroxylation sites is 2. The van der Waals surface area contributed by atoms with Gasteiger partial charge >= 0.3 is 0 Å². The maximum Gasteiger partial charge on any atom is 0.238 e. The SMILES string of the molecule is O=C1[C@@H]2[C@@H](CC(COc3ccccc3)=C([C@H](O)CC/C(=C/c3ccc(O)c(F)c3)c3ccccn3)[C@@H]2CO)C(=O)N1c1ccccc1. The van der Waals surface area contributed by atoms with Crippen LogP contribution in [0.1, 0.15) is 30.5 Å². The zero-order valence-electron chi connectivity index (χ0n) is 25.6. The highest BCUT2D eigenvalue weighted by molar-refractivity contribution is 6.22. The molecule has 0 saturated carbocycles. The van der Waals surface area contributed by atoms with Gasteiger partial charge in [-0.05, 0) is 96.2 Å². The van der Waals surface area contributed by atoms with Crippen LogP contribution in [0.5, 0.6) is 11.5 Å². The third-order valence-electron chi connectivity index (χ3n) is 8.90. The van der Waals surface area contributed by atoms with Crippen LogP contribution >= 0.6 is 0 Å². The summed E-state index contributed by atoms with van der Waals surface area (Å²) in [7, 11) is 0. The molecule has 0 spiro atoms. The number of imide groups is 1. The lowest BCUT2D eigenvalue weighted by molar-refractivity contribution is -0.123. The van der Waals surface area contributed by atoms with Gasteiger partial charge in [-0.1, -0.05) is 48.5 Å². The third kappa shape index (κ3) is 6.72. The second-order valence-electron chi connectivity index (χ2n) is 11.8. The van der Waals surface area contributed by atoms with E-state index >= 15 is 0 Å². The van der Waals surface area contributed by atoms with E-state index in [0.717, 1.165) is 0 Å². The number of anilines is 1. The summed E-state index contributed by atoms with van der Waals surface area (Å²) in [5.74, 6) is -3.70. The predicted octanol–water partition coefficient (Wildman–Crippen LogP) is 5.80. The number of phenolic OH excluding ortho intramolecular Hbond substituents is 1. The van der Waals surface area contributed by atoms with Crippen LogP contribution in [0, 0.1) is 23.6 Å². The molecule has 9 heteroatoms. The summed E-state index contributed by atoms with van der Waals surface area (Å²) in [6, 6.07) is 27.4. The van der Waals surface area contributed by atoms with E-state index in [9.17, 15) is 29.3 Å². The molecule has 1 aliphatic heterocycles. The second-order valence-corrected chi connectivity index (χ2v) is 11.8. The van der Waals surface area contributed by atoms with Crippen LogP contribution in [-0.2, 0) is 9.59 Å². The molecule has 0 bridgehead atoms. The van der Waals surface area contributed by atoms with Crippen LogP contribution in [0.3, 0.4) is 0 Å². The van der Waals surface area contributed by atoms with Gasteiger partial charge in [-0.3, -0.25) is 19.5 Å². The van der Waals surface area contributed by atoms with E-state index in [4.69, 9.17) is 4.74 Å². The minimum atomic E-state index is -1.10. The number of aliphatic hydroxyl groups is 2. The fourth-order valence-electron chi connectivity index (χ4n) is 6.70. The molecule has 1 fully saturated rings. The van der Waals surface area contributed by atoms with Crippen molar-refractivity contribution in [3.8, 4) is 11.5 Å². The van der Waals surface area contributed by atoms with Crippen LogP contribution in [-0.4, -0.2) is 51.4 Å². The predicted molar refractivity (Wildman–Crippen MR) is 175 cm³/mol. The topological polar surface area (TPSA) is 120 Å². The van der Waals surface area contributed by atoms with Crippen LogP contribution in [0.2, 0.25) is 0 Å². The van der Waals surface area contributed by atoms with Crippen molar-refractivity contribution in [1.29, 1.82) is 0 Å².